The number of allylic oxidation sites excluding steroid dienone is 3. The van der Waals surface area contributed by atoms with Gasteiger partial charge in [0.1, 0.15) is 5.84 Å². The van der Waals surface area contributed by atoms with Crippen molar-refractivity contribution in [2.24, 2.45) is 10.7 Å². The summed E-state index contributed by atoms with van der Waals surface area (Å²) in [5.41, 5.74) is 9.41. The Morgan fingerprint density at radius 1 is 1.30 bits per heavy atom. The maximum Gasteiger partial charge on any atom is 0.131 e. The van der Waals surface area contributed by atoms with E-state index in [1.165, 1.54) is 36.4 Å². The zero-order valence-electron chi connectivity index (χ0n) is 13.5. The summed E-state index contributed by atoms with van der Waals surface area (Å²) in [5.74, 6) is 0.613. The fourth-order valence-corrected chi connectivity index (χ4v) is 3.88. The first kappa shape index (κ1) is 16.1. The monoisotopic (exact) mass is 325 g/mol. The Kier molecular flexibility index (Phi) is 5.36. The largest absolute Gasteiger partial charge is 0.383 e. The van der Waals surface area contributed by atoms with Crippen LogP contribution < -0.4 is 5.73 Å². The molecule has 0 unspecified atom stereocenters. The van der Waals surface area contributed by atoms with Crippen LogP contribution in [-0.4, -0.2) is 23.2 Å². The summed E-state index contributed by atoms with van der Waals surface area (Å²) < 4.78 is 2.44. The second-order valence-electron chi connectivity index (χ2n) is 5.73. The molecular formula is C19H23N3S. The smallest absolute Gasteiger partial charge is 0.131 e. The zero-order chi connectivity index (χ0) is 16.1. The van der Waals surface area contributed by atoms with Crippen molar-refractivity contribution in [1.29, 1.82) is 0 Å². The molecule has 1 aromatic rings. The quantitative estimate of drug-likeness (QED) is 0.644. The van der Waals surface area contributed by atoms with Gasteiger partial charge in [-0.3, -0.25) is 0 Å². The van der Waals surface area contributed by atoms with Crippen molar-refractivity contribution in [2.75, 3.05) is 13.1 Å². The first-order chi connectivity index (χ1) is 11.3. The normalized spacial score (nSPS) is 20.5. The van der Waals surface area contributed by atoms with Crippen LogP contribution in [-0.2, 0) is 0 Å². The van der Waals surface area contributed by atoms with Gasteiger partial charge in [-0.25, -0.2) is 9.30 Å². The molecule has 1 fully saturated rings. The van der Waals surface area contributed by atoms with Crippen molar-refractivity contribution in [3.05, 3.63) is 59.8 Å². The number of benzene rings is 1. The lowest BCUT2D eigenvalue weighted by Crippen LogP contribution is -2.12. The SMILES string of the molecule is C/C=C\C/C=C1\C(c2cccc(SN3CCCC3)c2)=CN=C1N. The molecule has 2 aliphatic heterocycles. The lowest BCUT2D eigenvalue weighted by Gasteiger charge is -2.14. The molecule has 0 saturated carbocycles. The number of hydrogen-bond acceptors (Lipinski definition) is 4. The summed E-state index contributed by atoms with van der Waals surface area (Å²) in [6.45, 7) is 4.39. The Morgan fingerprint density at radius 3 is 2.91 bits per heavy atom. The van der Waals surface area contributed by atoms with Crippen LogP contribution in [0.2, 0.25) is 0 Å². The van der Waals surface area contributed by atoms with Crippen molar-refractivity contribution in [2.45, 2.75) is 31.1 Å². The average Bonchev–Trinajstić information content (AvgIpc) is 3.18. The molecule has 0 radical (unpaired) electrons. The van der Waals surface area contributed by atoms with E-state index in [0.717, 1.165) is 17.6 Å². The van der Waals surface area contributed by atoms with Gasteiger partial charge in [-0.15, -0.1) is 0 Å². The lowest BCUT2D eigenvalue weighted by molar-refractivity contribution is 0.586. The molecule has 3 nitrogen and oxygen atoms in total. The third kappa shape index (κ3) is 3.95. The summed E-state index contributed by atoms with van der Waals surface area (Å²) in [6, 6.07) is 8.67. The van der Waals surface area contributed by atoms with Gasteiger partial charge < -0.3 is 5.73 Å². The molecule has 0 bridgehead atoms. The van der Waals surface area contributed by atoms with E-state index in [4.69, 9.17) is 5.73 Å². The van der Waals surface area contributed by atoms with Gasteiger partial charge in [0.2, 0.25) is 0 Å². The molecule has 2 aliphatic rings. The molecule has 1 aromatic carbocycles. The van der Waals surface area contributed by atoms with Crippen LogP contribution in [0.3, 0.4) is 0 Å². The summed E-state index contributed by atoms with van der Waals surface area (Å²) in [6.07, 6.45) is 11.7. The topological polar surface area (TPSA) is 41.6 Å². The van der Waals surface area contributed by atoms with Crippen molar-refractivity contribution in [3.8, 4) is 0 Å². The predicted molar refractivity (Wildman–Crippen MR) is 100 cm³/mol. The Bertz CT molecular complexity index is 680. The molecule has 0 atom stereocenters. The zero-order valence-corrected chi connectivity index (χ0v) is 14.4. The highest BCUT2D eigenvalue weighted by Crippen LogP contribution is 2.32. The van der Waals surface area contributed by atoms with Crippen LogP contribution in [0.5, 0.6) is 0 Å². The third-order valence-corrected chi connectivity index (χ3v) is 5.13. The molecule has 1 saturated heterocycles. The summed E-state index contributed by atoms with van der Waals surface area (Å²) >= 11 is 1.85. The number of hydrogen-bond donors (Lipinski definition) is 1. The molecule has 2 heterocycles. The molecule has 120 valence electrons. The van der Waals surface area contributed by atoms with Gasteiger partial charge in [0.05, 0.1) is 0 Å². The highest BCUT2D eigenvalue weighted by molar-refractivity contribution is 7.97. The van der Waals surface area contributed by atoms with Gasteiger partial charge in [-0.2, -0.15) is 0 Å². The van der Waals surface area contributed by atoms with E-state index in [9.17, 15) is 0 Å². The number of rotatable bonds is 5. The van der Waals surface area contributed by atoms with Crippen LogP contribution in [0, 0.1) is 0 Å². The van der Waals surface area contributed by atoms with E-state index >= 15 is 0 Å². The molecule has 23 heavy (non-hydrogen) atoms. The minimum Gasteiger partial charge on any atom is -0.383 e. The molecule has 4 heteroatoms. The van der Waals surface area contributed by atoms with E-state index < -0.39 is 0 Å². The van der Waals surface area contributed by atoms with E-state index in [1.54, 1.807) is 0 Å². The molecule has 0 aromatic heterocycles. The average molecular weight is 325 g/mol. The van der Waals surface area contributed by atoms with E-state index in [0.29, 0.717) is 5.84 Å². The van der Waals surface area contributed by atoms with Crippen LogP contribution in [0.25, 0.3) is 5.57 Å². The number of nitrogens with zero attached hydrogens (tertiary/aromatic N) is 2. The van der Waals surface area contributed by atoms with Crippen LogP contribution in [0.15, 0.2) is 64.2 Å². The van der Waals surface area contributed by atoms with Crippen LogP contribution >= 0.6 is 11.9 Å². The van der Waals surface area contributed by atoms with Crippen molar-refractivity contribution < 1.29 is 0 Å². The van der Waals surface area contributed by atoms with Gasteiger partial charge in [0, 0.05) is 35.3 Å². The third-order valence-electron chi connectivity index (χ3n) is 4.04. The van der Waals surface area contributed by atoms with Crippen LogP contribution in [0.4, 0.5) is 0 Å². The van der Waals surface area contributed by atoms with Gasteiger partial charge >= 0.3 is 0 Å². The number of amidine groups is 1. The fraction of sp³-hybridized carbons (Fsp3) is 0.316. The Morgan fingerprint density at radius 2 is 2.13 bits per heavy atom. The first-order valence-electron chi connectivity index (χ1n) is 8.17. The van der Waals surface area contributed by atoms with Gasteiger partial charge in [0.25, 0.3) is 0 Å². The highest BCUT2D eigenvalue weighted by Gasteiger charge is 2.18. The molecule has 3 rings (SSSR count). The maximum atomic E-state index is 6.05. The lowest BCUT2D eigenvalue weighted by atomic mass is 9.98. The van der Waals surface area contributed by atoms with Crippen molar-refractivity contribution in [3.63, 3.8) is 0 Å². The molecular weight excluding hydrogens is 302 g/mol. The summed E-state index contributed by atoms with van der Waals surface area (Å²) in [5, 5.41) is 0. The van der Waals surface area contributed by atoms with Crippen molar-refractivity contribution >= 4 is 23.4 Å². The van der Waals surface area contributed by atoms with E-state index in [-0.39, 0.29) is 0 Å². The fourth-order valence-electron chi connectivity index (χ4n) is 2.83. The van der Waals surface area contributed by atoms with E-state index in [1.807, 2.05) is 25.1 Å². The molecule has 0 amide bonds. The van der Waals surface area contributed by atoms with E-state index in [2.05, 4.69) is 51.8 Å². The predicted octanol–water partition coefficient (Wildman–Crippen LogP) is 4.39. The van der Waals surface area contributed by atoms with Crippen LogP contribution in [0.1, 0.15) is 31.7 Å². The first-order valence-corrected chi connectivity index (χ1v) is 8.94. The summed E-state index contributed by atoms with van der Waals surface area (Å²) in [7, 11) is 0. The molecule has 0 aliphatic carbocycles. The van der Waals surface area contributed by atoms with Gasteiger partial charge in [-0.1, -0.05) is 30.4 Å². The Hall–Kier alpha value is -1.78. The summed E-state index contributed by atoms with van der Waals surface area (Å²) in [4.78, 5) is 5.59. The molecule has 2 N–H and O–H groups in total. The minimum absolute atomic E-state index is 0.613. The number of aliphatic imine (C=N–C) groups is 1. The van der Waals surface area contributed by atoms with Crippen molar-refractivity contribution in [1.82, 2.24) is 4.31 Å². The van der Waals surface area contributed by atoms with Gasteiger partial charge in [-0.05, 0) is 55.8 Å². The van der Waals surface area contributed by atoms with Gasteiger partial charge in [0.15, 0.2) is 0 Å². The Labute approximate surface area is 142 Å². The second-order valence-corrected chi connectivity index (χ2v) is 6.91. The second kappa shape index (κ2) is 7.66. The molecule has 0 spiro atoms. The maximum absolute atomic E-state index is 6.05. The minimum atomic E-state index is 0.613. The Balaban J connectivity index is 1.79. The highest BCUT2D eigenvalue weighted by atomic mass is 32.2. The number of nitrogens with two attached hydrogens (primary N) is 1. The standard InChI is InChI=1S/C19H23N3S/c1-2-3-4-10-17-18(14-21-19(17)20)15-8-7-9-16(13-15)23-22-11-5-6-12-22/h2-3,7-10,13-14H,4-6,11-12H2,1H3,(H2,20,21)/b3-2-,17-10+.